The second-order valence-electron chi connectivity index (χ2n) is 7.16. The van der Waals surface area contributed by atoms with Crippen LogP contribution < -0.4 is 9.47 Å². The number of para-hydroxylation sites is 1. The van der Waals surface area contributed by atoms with Gasteiger partial charge in [-0.1, -0.05) is 6.07 Å². The molecule has 15 nitrogen and oxygen atoms in total. The van der Waals surface area contributed by atoms with E-state index in [-0.39, 0.29) is 22.6 Å². The highest BCUT2D eigenvalue weighted by Crippen LogP contribution is 2.32. The van der Waals surface area contributed by atoms with Gasteiger partial charge in [-0.25, -0.2) is 9.59 Å². The molecule has 0 saturated heterocycles. The van der Waals surface area contributed by atoms with Gasteiger partial charge in [-0.3, -0.25) is 29.8 Å². The summed E-state index contributed by atoms with van der Waals surface area (Å²) in [6.45, 7) is -1.69. The maximum absolute atomic E-state index is 13.1. The molecule has 196 valence electrons. The van der Waals surface area contributed by atoms with E-state index in [1.807, 2.05) is 0 Å². The molecule has 0 bridgehead atoms. The first-order chi connectivity index (χ1) is 17.5. The van der Waals surface area contributed by atoms with Crippen molar-refractivity contribution in [2.24, 2.45) is 0 Å². The summed E-state index contributed by atoms with van der Waals surface area (Å²) >= 11 is 0. The summed E-state index contributed by atoms with van der Waals surface area (Å²) < 4.78 is 19.7. The molecular formula is C22H21N3O12. The molecule has 0 radical (unpaired) electrons. The van der Waals surface area contributed by atoms with E-state index in [1.165, 1.54) is 25.2 Å². The van der Waals surface area contributed by atoms with Gasteiger partial charge in [0.1, 0.15) is 0 Å². The lowest BCUT2D eigenvalue weighted by molar-refractivity contribution is -0.422. The standard InChI is InChI=1S/C22H21N3O12/c1-23(22(29)13-7-8-15(24(30)31)16(9-13)25(32)33)10-17(26)14-5-4-6-18(36-11-19(27)34-2)21(14)37-12-20(28)35-3/h4-9H,10-12H2,1-3H3. The molecule has 0 aromatic heterocycles. The Morgan fingerprint density at radius 1 is 0.865 bits per heavy atom. The van der Waals surface area contributed by atoms with Gasteiger partial charge in [-0.2, -0.15) is 0 Å². The normalized spacial score (nSPS) is 10.1. The van der Waals surface area contributed by atoms with Crippen LogP contribution in [0.2, 0.25) is 0 Å². The summed E-state index contributed by atoms with van der Waals surface area (Å²) in [6.07, 6.45) is 0. The number of nitro benzene ring substituents is 2. The zero-order valence-electron chi connectivity index (χ0n) is 19.8. The predicted molar refractivity (Wildman–Crippen MR) is 123 cm³/mol. The number of nitro groups is 2. The van der Waals surface area contributed by atoms with Gasteiger partial charge in [0.05, 0.1) is 36.2 Å². The van der Waals surface area contributed by atoms with Gasteiger partial charge in [-0.15, -0.1) is 0 Å². The van der Waals surface area contributed by atoms with Crippen molar-refractivity contribution in [2.75, 3.05) is 41.0 Å². The monoisotopic (exact) mass is 519 g/mol. The lowest BCUT2D eigenvalue weighted by Gasteiger charge is -2.19. The number of hydrogen-bond donors (Lipinski definition) is 0. The Balaban J connectivity index is 2.32. The second-order valence-corrected chi connectivity index (χ2v) is 7.16. The molecule has 0 aliphatic carbocycles. The summed E-state index contributed by atoms with van der Waals surface area (Å²) in [5.74, 6) is -3.28. The molecule has 2 aromatic rings. The Kier molecular flexibility index (Phi) is 9.57. The molecule has 0 fully saturated rings. The maximum atomic E-state index is 13.1. The second kappa shape index (κ2) is 12.6. The third-order valence-electron chi connectivity index (χ3n) is 4.76. The summed E-state index contributed by atoms with van der Waals surface area (Å²) in [4.78, 5) is 70.0. The molecule has 0 aliphatic heterocycles. The lowest BCUT2D eigenvalue weighted by atomic mass is 10.1. The van der Waals surface area contributed by atoms with E-state index in [0.717, 1.165) is 37.3 Å². The van der Waals surface area contributed by atoms with Crippen molar-refractivity contribution in [3.05, 3.63) is 67.8 Å². The van der Waals surface area contributed by atoms with Gasteiger partial charge in [0, 0.05) is 24.7 Å². The van der Waals surface area contributed by atoms with Crippen molar-refractivity contribution in [3.8, 4) is 11.5 Å². The number of carbonyl (C=O) groups excluding carboxylic acids is 4. The number of methoxy groups -OCH3 is 2. The largest absolute Gasteiger partial charge is 0.478 e. The van der Waals surface area contributed by atoms with Crippen LogP contribution in [-0.2, 0) is 19.1 Å². The number of Topliss-reactive ketones (excluding diaryl/α,β-unsaturated/α-hetero) is 1. The van der Waals surface area contributed by atoms with Crippen molar-refractivity contribution in [1.82, 2.24) is 4.90 Å². The number of likely N-dealkylation sites (N-methyl/N-ethyl adjacent to an activating group) is 1. The van der Waals surface area contributed by atoms with Crippen molar-refractivity contribution in [3.63, 3.8) is 0 Å². The molecule has 0 unspecified atom stereocenters. The smallest absolute Gasteiger partial charge is 0.346 e. The molecule has 0 saturated carbocycles. The van der Waals surface area contributed by atoms with Crippen LogP contribution in [0.15, 0.2) is 36.4 Å². The van der Waals surface area contributed by atoms with Crippen LogP contribution in [0.25, 0.3) is 0 Å². The average molecular weight is 519 g/mol. The van der Waals surface area contributed by atoms with Crippen LogP contribution in [-0.4, -0.2) is 79.4 Å². The van der Waals surface area contributed by atoms with Crippen molar-refractivity contribution in [2.45, 2.75) is 0 Å². The van der Waals surface area contributed by atoms with Crippen LogP contribution in [0.3, 0.4) is 0 Å². The van der Waals surface area contributed by atoms with Gasteiger partial charge >= 0.3 is 23.3 Å². The molecule has 37 heavy (non-hydrogen) atoms. The quantitative estimate of drug-likeness (QED) is 0.170. The van der Waals surface area contributed by atoms with Gasteiger partial charge in [0.25, 0.3) is 5.91 Å². The van der Waals surface area contributed by atoms with E-state index in [2.05, 4.69) is 9.47 Å². The van der Waals surface area contributed by atoms with E-state index in [1.54, 1.807) is 0 Å². The minimum absolute atomic E-state index is 0.0693. The minimum atomic E-state index is -0.995. The number of amides is 1. The van der Waals surface area contributed by atoms with E-state index in [4.69, 9.17) is 9.47 Å². The fraction of sp³-hybridized carbons (Fsp3) is 0.273. The fourth-order valence-electron chi connectivity index (χ4n) is 2.93. The highest BCUT2D eigenvalue weighted by molar-refractivity contribution is 6.04. The highest BCUT2D eigenvalue weighted by Gasteiger charge is 2.28. The number of nitrogens with zero attached hydrogens (tertiary/aromatic N) is 3. The molecule has 0 atom stereocenters. The number of rotatable bonds is 12. The topological polar surface area (TPSA) is 195 Å². The minimum Gasteiger partial charge on any atom is -0.478 e. The van der Waals surface area contributed by atoms with Gasteiger partial charge in [-0.05, 0) is 18.2 Å². The van der Waals surface area contributed by atoms with Crippen molar-refractivity contribution < 1.29 is 48.0 Å². The first kappa shape index (κ1) is 28.2. The first-order valence-corrected chi connectivity index (χ1v) is 10.2. The van der Waals surface area contributed by atoms with E-state index < -0.39 is 64.6 Å². The zero-order valence-corrected chi connectivity index (χ0v) is 19.8. The van der Waals surface area contributed by atoms with E-state index in [0.29, 0.717) is 0 Å². The van der Waals surface area contributed by atoms with Crippen LogP contribution in [0, 0.1) is 20.2 Å². The van der Waals surface area contributed by atoms with Crippen molar-refractivity contribution >= 4 is 35.0 Å². The number of carbonyl (C=O) groups is 4. The summed E-state index contributed by atoms with van der Waals surface area (Å²) in [7, 11) is 3.51. The molecule has 1 amide bonds. The fourth-order valence-corrected chi connectivity index (χ4v) is 2.93. The number of ketones is 1. The number of hydrogen-bond acceptors (Lipinski definition) is 12. The molecule has 2 rings (SSSR count). The molecule has 0 heterocycles. The number of benzene rings is 2. The van der Waals surface area contributed by atoms with E-state index in [9.17, 15) is 39.4 Å². The average Bonchev–Trinajstić information content (AvgIpc) is 2.89. The SMILES string of the molecule is COC(=O)COc1cccc(C(=O)CN(C)C(=O)c2ccc([N+](=O)[O-])c([N+](=O)[O-])c2)c1OCC(=O)OC. The Morgan fingerprint density at radius 2 is 1.46 bits per heavy atom. The van der Waals surface area contributed by atoms with Crippen LogP contribution in [0.1, 0.15) is 20.7 Å². The Labute approximate surface area is 208 Å². The third-order valence-corrected chi connectivity index (χ3v) is 4.76. The van der Waals surface area contributed by atoms with E-state index >= 15 is 0 Å². The lowest BCUT2D eigenvalue weighted by Crippen LogP contribution is -2.32. The van der Waals surface area contributed by atoms with Crippen LogP contribution >= 0.6 is 0 Å². The number of esters is 2. The summed E-state index contributed by atoms with van der Waals surface area (Å²) in [5.41, 5.74) is -2.05. The Morgan fingerprint density at radius 3 is 2.03 bits per heavy atom. The molecule has 0 spiro atoms. The third kappa shape index (κ3) is 7.20. The van der Waals surface area contributed by atoms with Gasteiger partial charge in [0.15, 0.2) is 30.5 Å². The Hall–Kier alpha value is -5.08. The predicted octanol–water partition coefficient (Wildman–Crippen LogP) is 1.56. The van der Waals surface area contributed by atoms with Gasteiger partial charge < -0.3 is 23.8 Å². The number of ether oxygens (including phenoxy) is 4. The molecular weight excluding hydrogens is 498 g/mol. The van der Waals surface area contributed by atoms with Gasteiger partial charge in [0.2, 0.25) is 0 Å². The van der Waals surface area contributed by atoms with Crippen molar-refractivity contribution in [1.29, 1.82) is 0 Å². The van der Waals surface area contributed by atoms with Crippen LogP contribution in [0.5, 0.6) is 11.5 Å². The molecule has 2 aromatic carbocycles. The zero-order chi connectivity index (χ0) is 27.7. The Bertz CT molecular complexity index is 1240. The molecule has 15 heteroatoms. The summed E-state index contributed by atoms with van der Waals surface area (Å²) in [5, 5.41) is 22.2. The maximum Gasteiger partial charge on any atom is 0.346 e. The highest BCUT2D eigenvalue weighted by atomic mass is 16.6. The molecule has 0 aliphatic rings. The van der Waals surface area contributed by atoms with Crippen LogP contribution in [0.4, 0.5) is 11.4 Å². The molecule has 0 N–H and O–H groups in total. The first-order valence-electron chi connectivity index (χ1n) is 10.2. The summed E-state index contributed by atoms with van der Waals surface area (Å²) in [6, 6.07) is 6.70.